The quantitative estimate of drug-likeness (QED) is 0.185. The van der Waals surface area contributed by atoms with Gasteiger partial charge in [-0.3, -0.25) is 0 Å². The van der Waals surface area contributed by atoms with Crippen LogP contribution in [0.3, 0.4) is 0 Å². The van der Waals surface area contributed by atoms with Crippen molar-refractivity contribution in [1.82, 2.24) is 0 Å². The van der Waals surface area contributed by atoms with Gasteiger partial charge in [-0.15, -0.1) is 0 Å². The second kappa shape index (κ2) is 10.6. The van der Waals surface area contributed by atoms with E-state index in [-0.39, 0.29) is 0 Å². The number of fused-ring (bicyclic) bond motifs is 13. The van der Waals surface area contributed by atoms with Crippen molar-refractivity contribution in [2.75, 3.05) is 4.90 Å². The minimum atomic E-state index is 0.839. The maximum Gasteiger partial charge on any atom is 0.143 e. The van der Waals surface area contributed by atoms with Gasteiger partial charge in [0.05, 0.1) is 0 Å². The molecule has 12 aromatic rings. The Morgan fingerprint density at radius 1 is 0.302 bits per heavy atom. The molecule has 8 aromatic carbocycles. The molecule has 5 heteroatoms. The molecule has 0 fully saturated rings. The van der Waals surface area contributed by atoms with E-state index in [1.54, 1.807) is 0 Å². The molecule has 12 rings (SSSR count). The predicted octanol–water partition coefficient (Wildman–Crippen LogP) is 14.4. The van der Waals surface area contributed by atoms with Crippen LogP contribution < -0.4 is 4.90 Å². The number of para-hydroxylation sites is 4. The summed E-state index contributed by atoms with van der Waals surface area (Å²) in [6.45, 7) is 0. The Kier molecular flexibility index (Phi) is 5.71. The van der Waals surface area contributed by atoms with Gasteiger partial charge >= 0.3 is 0 Å². The first kappa shape index (κ1) is 28.5. The zero-order valence-electron chi connectivity index (χ0n) is 28.2. The van der Waals surface area contributed by atoms with Crippen LogP contribution in [-0.4, -0.2) is 0 Å². The molecular formula is C48H27NO4. The number of hydrogen-bond donors (Lipinski definition) is 0. The number of furan rings is 4. The number of hydrogen-bond acceptors (Lipinski definition) is 5. The molecule has 0 radical (unpaired) electrons. The fourth-order valence-electron chi connectivity index (χ4n) is 8.28. The predicted molar refractivity (Wildman–Crippen MR) is 216 cm³/mol. The molecule has 4 heterocycles. The van der Waals surface area contributed by atoms with Crippen LogP contribution in [0.2, 0.25) is 0 Å². The minimum Gasteiger partial charge on any atom is -0.456 e. The van der Waals surface area contributed by atoms with Crippen LogP contribution in [0.4, 0.5) is 17.1 Å². The first-order valence-electron chi connectivity index (χ1n) is 17.7. The van der Waals surface area contributed by atoms with Crippen LogP contribution in [0.5, 0.6) is 0 Å². The topological polar surface area (TPSA) is 55.8 Å². The van der Waals surface area contributed by atoms with Crippen LogP contribution in [0.25, 0.3) is 98.9 Å². The van der Waals surface area contributed by atoms with Crippen LogP contribution >= 0.6 is 0 Å². The molecule has 0 aliphatic rings. The highest BCUT2D eigenvalue weighted by atomic mass is 16.3. The number of benzene rings is 8. The van der Waals surface area contributed by atoms with Crippen LogP contribution in [-0.2, 0) is 0 Å². The summed E-state index contributed by atoms with van der Waals surface area (Å²) in [7, 11) is 0. The van der Waals surface area contributed by atoms with Gasteiger partial charge in [0.25, 0.3) is 0 Å². The Bertz CT molecular complexity index is 3300. The van der Waals surface area contributed by atoms with Crippen LogP contribution in [0.1, 0.15) is 0 Å². The fourth-order valence-corrected chi connectivity index (χ4v) is 8.28. The van der Waals surface area contributed by atoms with Crippen molar-refractivity contribution in [1.29, 1.82) is 0 Å². The molecule has 248 valence electrons. The molecule has 0 atom stereocenters. The van der Waals surface area contributed by atoms with E-state index in [0.717, 1.165) is 116 Å². The monoisotopic (exact) mass is 681 g/mol. The van der Waals surface area contributed by atoms with E-state index in [2.05, 4.69) is 108 Å². The SMILES string of the molecule is c1ccc2c(c1)oc1cc(N(c3ccc(-c4cccc5c4oc4ccc6oc7ccccc7c6c45)cc3)c3ccc4c(c3)oc3ccccc34)ccc12. The summed E-state index contributed by atoms with van der Waals surface area (Å²) in [5.41, 5.74) is 11.9. The highest BCUT2D eigenvalue weighted by Crippen LogP contribution is 2.44. The van der Waals surface area contributed by atoms with Crippen LogP contribution in [0.15, 0.2) is 181 Å². The Morgan fingerprint density at radius 3 is 1.42 bits per heavy atom. The van der Waals surface area contributed by atoms with E-state index in [4.69, 9.17) is 17.7 Å². The molecule has 0 aliphatic carbocycles. The fraction of sp³-hybridized carbons (Fsp3) is 0. The number of nitrogens with zero attached hydrogens (tertiary/aromatic N) is 1. The zero-order chi connectivity index (χ0) is 34.6. The molecular weight excluding hydrogens is 655 g/mol. The van der Waals surface area contributed by atoms with E-state index < -0.39 is 0 Å². The normalized spacial score (nSPS) is 12.2. The Morgan fingerprint density at radius 2 is 0.774 bits per heavy atom. The first-order valence-corrected chi connectivity index (χ1v) is 17.7. The summed E-state index contributed by atoms with van der Waals surface area (Å²) < 4.78 is 25.6. The average molecular weight is 682 g/mol. The molecule has 0 spiro atoms. The third kappa shape index (κ3) is 4.13. The summed E-state index contributed by atoms with van der Waals surface area (Å²) in [5.74, 6) is 0. The Hall–Kier alpha value is -7.24. The van der Waals surface area contributed by atoms with Gasteiger partial charge in [-0.2, -0.15) is 0 Å². The Labute approximate surface area is 301 Å². The molecule has 0 bridgehead atoms. The summed E-state index contributed by atoms with van der Waals surface area (Å²) in [5, 5.41) is 8.71. The summed E-state index contributed by atoms with van der Waals surface area (Å²) in [6, 6.07) is 56.5. The lowest BCUT2D eigenvalue weighted by Crippen LogP contribution is -2.09. The van der Waals surface area contributed by atoms with Gasteiger partial charge < -0.3 is 22.6 Å². The molecule has 0 saturated carbocycles. The second-order valence-electron chi connectivity index (χ2n) is 13.6. The van der Waals surface area contributed by atoms with Gasteiger partial charge in [-0.1, -0.05) is 84.9 Å². The summed E-state index contributed by atoms with van der Waals surface area (Å²) in [6.07, 6.45) is 0. The lowest BCUT2D eigenvalue weighted by atomic mass is 10.00. The van der Waals surface area contributed by atoms with E-state index in [1.165, 1.54) is 0 Å². The third-order valence-corrected chi connectivity index (χ3v) is 10.7. The summed E-state index contributed by atoms with van der Waals surface area (Å²) >= 11 is 0. The molecule has 0 saturated heterocycles. The van der Waals surface area contributed by atoms with E-state index in [0.29, 0.717) is 0 Å². The minimum absolute atomic E-state index is 0.839. The molecule has 0 aliphatic heterocycles. The molecule has 5 nitrogen and oxygen atoms in total. The second-order valence-corrected chi connectivity index (χ2v) is 13.6. The average Bonchev–Trinajstić information content (AvgIpc) is 3.97. The van der Waals surface area contributed by atoms with Crippen molar-refractivity contribution < 1.29 is 17.7 Å². The highest BCUT2D eigenvalue weighted by molar-refractivity contribution is 6.26. The van der Waals surface area contributed by atoms with Crippen molar-refractivity contribution in [2.24, 2.45) is 0 Å². The number of anilines is 3. The maximum absolute atomic E-state index is 6.64. The lowest BCUT2D eigenvalue weighted by molar-refractivity contribution is 0.663. The van der Waals surface area contributed by atoms with E-state index in [1.807, 2.05) is 60.7 Å². The molecule has 0 unspecified atom stereocenters. The van der Waals surface area contributed by atoms with E-state index in [9.17, 15) is 0 Å². The zero-order valence-corrected chi connectivity index (χ0v) is 28.2. The standard InChI is InChI=1S/C48H27NO4/c1-4-13-39-33(8-1)35-22-20-30(26-44(35)51-39)49(31-21-23-36-34-9-2-5-14-40(34)52-45(36)27-31)29-18-16-28(17-19-29)32-11-7-12-38-47-43(53-48(32)38)25-24-42-46(47)37-10-3-6-15-41(37)50-42/h1-27H. The smallest absolute Gasteiger partial charge is 0.143 e. The first-order chi connectivity index (χ1) is 26.2. The van der Waals surface area contributed by atoms with E-state index >= 15 is 0 Å². The third-order valence-electron chi connectivity index (χ3n) is 10.7. The van der Waals surface area contributed by atoms with Gasteiger partial charge in [-0.25, -0.2) is 0 Å². The van der Waals surface area contributed by atoms with Gasteiger partial charge in [-0.05, 0) is 72.3 Å². The van der Waals surface area contributed by atoms with Crippen molar-refractivity contribution in [3.05, 3.63) is 164 Å². The van der Waals surface area contributed by atoms with Gasteiger partial charge in [0.1, 0.15) is 44.7 Å². The Balaban J connectivity index is 1.02. The molecule has 0 amide bonds. The maximum atomic E-state index is 6.64. The van der Waals surface area contributed by atoms with Gasteiger partial charge in [0.2, 0.25) is 0 Å². The highest BCUT2D eigenvalue weighted by Gasteiger charge is 2.20. The molecule has 53 heavy (non-hydrogen) atoms. The van der Waals surface area contributed by atoms with Crippen molar-refractivity contribution in [3.8, 4) is 11.1 Å². The van der Waals surface area contributed by atoms with Crippen molar-refractivity contribution >= 4 is 105 Å². The van der Waals surface area contributed by atoms with Gasteiger partial charge in [0.15, 0.2) is 0 Å². The largest absolute Gasteiger partial charge is 0.456 e. The van der Waals surface area contributed by atoms with Crippen LogP contribution in [0, 0.1) is 0 Å². The van der Waals surface area contributed by atoms with Crippen molar-refractivity contribution in [2.45, 2.75) is 0 Å². The lowest BCUT2D eigenvalue weighted by Gasteiger charge is -2.25. The molecule has 0 N–H and O–H groups in total. The summed E-state index contributed by atoms with van der Waals surface area (Å²) in [4.78, 5) is 2.26. The number of rotatable bonds is 4. The van der Waals surface area contributed by atoms with Gasteiger partial charge in [0, 0.05) is 77.8 Å². The van der Waals surface area contributed by atoms with Crippen molar-refractivity contribution in [3.63, 3.8) is 0 Å². The molecule has 4 aromatic heterocycles.